The molecule has 1 aliphatic heterocycles. The minimum Gasteiger partial charge on any atom is -0.464 e. The standard InChI is InChI=1S/C13H15NO4/c1-9-7-17-12(15)11(9)14-13(16)18-8-10-5-3-2-4-6-10/h2-6,9,11H,7-8H2,1H3,(H,14,16). The summed E-state index contributed by atoms with van der Waals surface area (Å²) in [4.78, 5) is 22.8. The van der Waals surface area contributed by atoms with E-state index in [2.05, 4.69) is 5.32 Å². The molecule has 2 rings (SSSR count). The van der Waals surface area contributed by atoms with Crippen molar-refractivity contribution >= 4 is 12.1 Å². The summed E-state index contributed by atoms with van der Waals surface area (Å²) in [6.07, 6.45) is -0.602. The number of cyclic esters (lactones) is 1. The molecule has 1 aliphatic rings. The molecule has 1 heterocycles. The monoisotopic (exact) mass is 249 g/mol. The largest absolute Gasteiger partial charge is 0.464 e. The van der Waals surface area contributed by atoms with Gasteiger partial charge in [0, 0.05) is 5.92 Å². The van der Waals surface area contributed by atoms with Gasteiger partial charge in [0.25, 0.3) is 0 Å². The summed E-state index contributed by atoms with van der Waals surface area (Å²) in [6.45, 7) is 2.36. The zero-order valence-electron chi connectivity index (χ0n) is 10.1. The fourth-order valence-corrected chi connectivity index (χ4v) is 1.72. The second-order valence-electron chi connectivity index (χ2n) is 4.29. The molecule has 1 amide bonds. The highest BCUT2D eigenvalue weighted by Gasteiger charge is 2.35. The maximum atomic E-state index is 11.5. The third-order valence-electron chi connectivity index (χ3n) is 2.80. The molecular weight excluding hydrogens is 234 g/mol. The third-order valence-corrected chi connectivity index (χ3v) is 2.80. The fourth-order valence-electron chi connectivity index (χ4n) is 1.72. The Balaban J connectivity index is 1.80. The van der Waals surface area contributed by atoms with Crippen LogP contribution in [0.5, 0.6) is 0 Å². The zero-order valence-corrected chi connectivity index (χ0v) is 10.1. The van der Waals surface area contributed by atoms with Gasteiger partial charge in [-0.1, -0.05) is 37.3 Å². The van der Waals surface area contributed by atoms with Gasteiger partial charge in [0.1, 0.15) is 12.6 Å². The first-order chi connectivity index (χ1) is 8.66. The van der Waals surface area contributed by atoms with Crippen molar-refractivity contribution in [2.75, 3.05) is 6.61 Å². The Morgan fingerprint density at radius 1 is 1.44 bits per heavy atom. The van der Waals surface area contributed by atoms with Crippen molar-refractivity contribution in [2.45, 2.75) is 19.6 Å². The van der Waals surface area contributed by atoms with E-state index < -0.39 is 18.1 Å². The number of esters is 1. The van der Waals surface area contributed by atoms with Gasteiger partial charge in [0.2, 0.25) is 0 Å². The van der Waals surface area contributed by atoms with E-state index in [1.54, 1.807) is 0 Å². The quantitative estimate of drug-likeness (QED) is 0.824. The van der Waals surface area contributed by atoms with Crippen LogP contribution in [0, 0.1) is 5.92 Å². The minimum absolute atomic E-state index is 0.0261. The molecule has 5 nitrogen and oxygen atoms in total. The number of carbonyl (C=O) groups excluding carboxylic acids is 2. The van der Waals surface area contributed by atoms with Gasteiger partial charge in [-0.3, -0.25) is 0 Å². The van der Waals surface area contributed by atoms with Crippen molar-refractivity contribution in [3.05, 3.63) is 35.9 Å². The number of amides is 1. The number of hydrogen-bond donors (Lipinski definition) is 1. The molecule has 2 atom stereocenters. The van der Waals surface area contributed by atoms with Gasteiger partial charge in [0.05, 0.1) is 6.61 Å². The number of benzene rings is 1. The van der Waals surface area contributed by atoms with Gasteiger partial charge in [-0.15, -0.1) is 0 Å². The number of alkyl carbamates (subject to hydrolysis) is 1. The van der Waals surface area contributed by atoms with E-state index in [0.29, 0.717) is 6.61 Å². The first-order valence-corrected chi connectivity index (χ1v) is 5.80. The highest BCUT2D eigenvalue weighted by Crippen LogP contribution is 2.14. The summed E-state index contributed by atoms with van der Waals surface area (Å²) < 4.78 is 9.86. The SMILES string of the molecule is CC1COC(=O)C1NC(=O)OCc1ccccc1. The zero-order chi connectivity index (χ0) is 13.0. The number of hydrogen-bond acceptors (Lipinski definition) is 4. The molecule has 18 heavy (non-hydrogen) atoms. The second kappa shape index (κ2) is 5.53. The van der Waals surface area contributed by atoms with Crippen LogP contribution in [0.4, 0.5) is 4.79 Å². The highest BCUT2D eigenvalue weighted by molar-refractivity contribution is 5.83. The predicted octanol–water partition coefficient (Wildman–Crippen LogP) is 1.47. The summed E-state index contributed by atoms with van der Waals surface area (Å²) in [5.74, 6) is -0.430. The van der Waals surface area contributed by atoms with Gasteiger partial charge in [-0.25, -0.2) is 9.59 Å². The van der Waals surface area contributed by atoms with E-state index in [9.17, 15) is 9.59 Å². The van der Waals surface area contributed by atoms with Crippen LogP contribution in [-0.2, 0) is 20.9 Å². The topological polar surface area (TPSA) is 64.6 Å². The fraction of sp³-hybridized carbons (Fsp3) is 0.385. The lowest BCUT2D eigenvalue weighted by Gasteiger charge is -2.13. The molecule has 0 aliphatic carbocycles. The molecular formula is C13H15NO4. The van der Waals surface area contributed by atoms with Gasteiger partial charge >= 0.3 is 12.1 Å². The number of ether oxygens (including phenoxy) is 2. The van der Waals surface area contributed by atoms with Gasteiger partial charge < -0.3 is 14.8 Å². The molecule has 96 valence electrons. The maximum absolute atomic E-state index is 11.5. The Labute approximate surface area is 105 Å². The summed E-state index contributed by atoms with van der Waals surface area (Å²) in [6, 6.07) is 8.74. The second-order valence-corrected chi connectivity index (χ2v) is 4.29. The van der Waals surface area contributed by atoms with Crippen LogP contribution in [0.2, 0.25) is 0 Å². The lowest BCUT2D eigenvalue weighted by Crippen LogP contribution is -2.41. The van der Waals surface area contributed by atoms with Crippen molar-refractivity contribution < 1.29 is 19.1 Å². The highest BCUT2D eigenvalue weighted by atomic mass is 16.6. The molecule has 0 spiro atoms. The molecule has 1 saturated heterocycles. The summed E-state index contributed by atoms with van der Waals surface area (Å²) >= 11 is 0. The molecule has 5 heteroatoms. The molecule has 0 radical (unpaired) electrons. The number of carbonyl (C=O) groups is 2. The summed E-state index contributed by atoms with van der Waals surface area (Å²) in [7, 11) is 0. The lowest BCUT2D eigenvalue weighted by molar-refractivity contribution is -0.139. The van der Waals surface area contributed by atoms with Crippen LogP contribution in [-0.4, -0.2) is 24.7 Å². The average molecular weight is 249 g/mol. The molecule has 1 N–H and O–H groups in total. The van der Waals surface area contributed by atoms with Crippen LogP contribution in [0.3, 0.4) is 0 Å². The number of rotatable bonds is 3. The smallest absolute Gasteiger partial charge is 0.408 e. The summed E-state index contributed by atoms with van der Waals surface area (Å²) in [5.41, 5.74) is 0.898. The Kier molecular flexibility index (Phi) is 3.82. The Bertz CT molecular complexity index is 432. The van der Waals surface area contributed by atoms with E-state index in [1.807, 2.05) is 37.3 Å². The molecule has 1 aromatic carbocycles. The van der Waals surface area contributed by atoms with Gasteiger partial charge in [-0.05, 0) is 5.56 Å². The summed E-state index contributed by atoms with van der Waals surface area (Å²) in [5, 5.41) is 2.51. The molecule has 0 saturated carbocycles. The van der Waals surface area contributed by atoms with Crippen molar-refractivity contribution in [3.8, 4) is 0 Å². The van der Waals surface area contributed by atoms with E-state index in [1.165, 1.54) is 0 Å². The molecule has 0 aromatic heterocycles. The molecule has 2 unspecified atom stereocenters. The van der Waals surface area contributed by atoms with Crippen LogP contribution in [0.15, 0.2) is 30.3 Å². The normalized spacial score (nSPS) is 22.4. The van der Waals surface area contributed by atoms with Crippen molar-refractivity contribution in [1.29, 1.82) is 0 Å². The van der Waals surface area contributed by atoms with Crippen molar-refractivity contribution in [1.82, 2.24) is 5.32 Å². The van der Waals surface area contributed by atoms with Crippen LogP contribution in [0.25, 0.3) is 0 Å². The van der Waals surface area contributed by atoms with Crippen LogP contribution >= 0.6 is 0 Å². The van der Waals surface area contributed by atoms with E-state index >= 15 is 0 Å². The van der Waals surface area contributed by atoms with Crippen molar-refractivity contribution in [3.63, 3.8) is 0 Å². The van der Waals surface area contributed by atoms with Gasteiger partial charge in [0.15, 0.2) is 0 Å². The lowest BCUT2D eigenvalue weighted by atomic mass is 10.1. The maximum Gasteiger partial charge on any atom is 0.408 e. The predicted molar refractivity (Wildman–Crippen MR) is 63.7 cm³/mol. The molecule has 0 bridgehead atoms. The van der Waals surface area contributed by atoms with Gasteiger partial charge in [-0.2, -0.15) is 0 Å². The van der Waals surface area contributed by atoms with Crippen LogP contribution < -0.4 is 5.32 Å². The average Bonchev–Trinajstić information content (AvgIpc) is 2.69. The Hall–Kier alpha value is -2.04. The first-order valence-electron chi connectivity index (χ1n) is 5.80. The Morgan fingerprint density at radius 2 is 2.17 bits per heavy atom. The van der Waals surface area contributed by atoms with E-state index in [-0.39, 0.29) is 12.5 Å². The molecule has 1 aromatic rings. The Morgan fingerprint density at radius 3 is 2.78 bits per heavy atom. The molecule has 1 fully saturated rings. The minimum atomic E-state index is -0.603. The van der Waals surface area contributed by atoms with Crippen molar-refractivity contribution in [2.24, 2.45) is 5.92 Å². The van der Waals surface area contributed by atoms with E-state index in [0.717, 1.165) is 5.56 Å². The third kappa shape index (κ3) is 3.00. The van der Waals surface area contributed by atoms with E-state index in [4.69, 9.17) is 9.47 Å². The van der Waals surface area contributed by atoms with Crippen LogP contribution in [0.1, 0.15) is 12.5 Å². The first kappa shape index (κ1) is 12.4. The number of nitrogens with one attached hydrogen (secondary N) is 1.